The minimum absolute atomic E-state index is 0.165. The molecule has 6 nitrogen and oxygen atoms in total. The summed E-state index contributed by atoms with van der Waals surface area (Å²) in [6, 6.07) is 3.70. The Morgan fingerprint density at radius 1 is 1.25 bits per heavy atom. The van der Waals surface area contributed by atoms with Gasteiger partial charge in [0.05, 0.1) is 0 Å². The van der Waals surface area contributed by atoms with Gasteiger partial charge in [-0.15, -0.1) is 0 Å². The highest BCUT2D eigenvalue weighted by molar-refractivity contribution is 5.93. The van der Waals surface area contributed by atoms with Crippen molar-refractivity contribution in [2.24, 2.45) is 5.41 Å². The van der Waals surface area contributed by atoms with Crippen LogP contribution in [0.25, 0.3) is 5.65 Å². The number of pyridine rings is 1. The van der Waals surface area contributed by atoms with E-state index in [9.17, 15) is 9.59 Å². The quantitative estimate of drug-likeness (QED) is 0.856. The van der Waals surface area contributed by atoms with E-state index >= 15 is 0 Å². The lowest BCUT2D eigenvalue weighted by atomic mass is 9.78. The van der Waals surface area contributed by atoms with Gasteiger partial charge in [0, 0.05) is 32.0 Å². The average molecular weight is 326 g/mol. The Morgan fingerprint density at radius 3 is 2.75 bits per heavy atom. The Kier molecular flexibility index (Phi) is 3.64. The van der Waals surface area contributed by atoms with Gasteiger partial charge in [0.1, 0.15) is 11.2 Å². The Bertz CT molecular complexity index is 842. The minimum atomic E-state index is -0.281. The lowest BCUT2D eigenvalue weighted by Gasteiger charge is -2.38. The number of piperidine rings is 1. The van der Waals surface area contributed by atoms with E-state index in [0.717, 1.165) is 44.6 Å². The van der Waals surface area contributed by atoms with E-state index < -0.39 is 0 Å². The number of carbonyl (C=O) groups is 1. The third-order valence-corrected chi connectivity index (χ3v) is 5.52. The predicted octanol–water partition coefficient (Wildman–Crippen LogP) is 1.22. The fourth-order valence-corrected chi connectivity index (χ4v) is 3.91. The molecule has 1 amide bonds. The zero-order valence-corrected chi connectivity index (χ0v) is 13.9. The first-order valence-electron chi connectivity index (χ1n) is 8.56. The average Bonchev–Trinajstić information content (AvgIpc) is 3.04. The molecule has 4 rings (SSSR count). The molecule has 2 fully saturated rings. The van der Waals surface area contributed by atoms with Crippen LogP contribution in [0.2, 0.25) is 0 Å². The molecule has 0 saturated carbocycles. The topological polar surface area (TPSA) is 66.7 Å². The summed E-state index contributed by atoms with van der Waals surface area (Å²) in [5.74, 6) is -0.191. The van der Waals surface area contributed by atoms with Crippen LogP contribution >= 0.6 is 0 Å². The van der Waals surface area contributed by atoms with E-state index in [0.29, 0.717) is 11.1 Å². The van der Waals surface area contributed by atoms with Crippen molar-refractivity contribution in [2.75, 3.05) is 26.2 Å². The fourth-order valence-electron chi connectivity index (χ4n) is 3.91. The Balaban J connectivity index is 1.60. The number of aromatic nitrogens is 2. The Hall–Kier alpha value is -2.21. The monoisotopic (exact) mass is 326 g/mol. The normalized spacial score (nSPS) is 20.0. The van der Waals surface area contributed by atoms with Crippen molar-refractivity contribution in [2.45, 2.75) is 26.2 Å². The molecule has 4 heterocycles. The van der Waals surface area contributed by atoms with Gasteiger partial charge in [-0.25, -0.2) is 4.98 Å². The van der Waals surface area contributed by atoms with Crippen LogP contribution in [0.15, 0.2) is 29.3 Å². The van der Waals surface area contributed by atoms with Crippen LogP contribution in [-0.4, -0.2) is 46.4 Å². The molecule has 0 atom stereocenters. The SMILES string of the molecule is Cc1ccc2ncc(C(=O)N3CCC4(CCNC4)CC3)c(=O)n2c1. The highest BCUT2D eigenvalue weighted by Gasteiger charge is 2.38. The highest BCUT2D eigenvalue weighted by Crippen LogP contribution is 2.37. The van der Waals surface area contributed by atoms with E-state index in [-0.39, 0.29) is 17.0 Å². The summed E-state index contributed by atoms with van der Waals surface area (Å²) < 4.78 is 1.47. The summed E-state index contributed by atoms with van der Waals surface area (Å²) in [5, 5.41) is 3.43. The lowest BCUT2D eigenvalue weighted by molar-refractivity contribution is 0.0605. The summed E-state index contributed by atoms with van der Waals surface area (Å²) >= 11 is 0. The maximum Gasteiger partial charge on any atom is 0.270 e. The van der Waals surface area contributed by atoms with E-state index in [1.165, 1.54) is 17.0 Å². The van der Waals surface area contributed by atoms with Crippen molar-refractivity contribution >= 4 is 11.6 Å². The molecule has 0 aliphatic carbocycles. The van der Waals surface area contributed by atoms with Gasteiger partial charge in [-0.1, -0.05) is 6.07 Å². The van der Waals surface area contributed by atoms with Gasteiger partial charge < -0.3 is 10.2 Å². The predicted molar refractivity (Wildman–Crippen MR) is 91.3 cm³/mol. The van der Waals surface area contributed by atoms with Gasteiger partial charge in [-0.3, -0.25) is 14.0 Å². The maximum atomic E-state index is 12.8. The number of carbonyl (C=O) groups excluding carboxylic acids is 1. The van der Waals surface area contributed by atoms with Crippen LogP contribution in [0.4, 0.5) is 0 Å². The molecular formula is C18H22N4O2. The number of hydrogen-bond acceptors (Lipinski definition) is 4. The Morgan fingerprint density at radius 2 is 2.04 bits per heavy atom. The van der Waals surface area contributed by atoms with Gasteiger partial charge in [0.2, 0.25) is 0 Å². The number of nitrogens with one attached hydrogen (secondary N) is 1. The molecule has 2 aliphatic rings. The number of likely N-dealkylation sites (tertiary alicyclic amines) is 1. The minimum Gasteiger partial charge on any atom is -0.338 e. The van der Waals surface area contributed by atoms with Gasteiger partial charge in [0.25, 0.3) is 11.5 Å². The van der Waals surface area contributed by atoms with Gasteiger partial charge >= 0.3 is 0 Å². The van der Waals surface area contributed by atoms with E-state index in [4.69, 9.17) is 0 Å². The van der Waals surface area contributed by atoms with Gasteiger partial charge in [-0.05, 0) is 49.8 Å². The molecule has 2 aliphatic heterocycles. The fraction of sp³-hybridized carbons (Fsp3) is 0.500. The molecule has 0 unspecified atom stereocenters. The molecule has 2 aromatic rings. The number of rotatable bonds is 1. The zero-order chi connectivity index (χ0) is 16.7. The van der Waals surface area contributed by atoms with Crippen molar-refractivity contribution < 1.29 is 4.79 Å². The van der Waals surface area contributed by atoms with Crippen LogP contribution in [0.3, 0.4) is 0 Å². The zero-order valence-electron chi connectivity index (χ0n) is 13.9. The summed E-state index contributed by atoms with van der Waals surface area (Å²) in [4.78, 5) is 31.6. The molecule has 0 aromatic carbocycles. The van der Waals surface area contributed by atoms with Crippen LogP contribution in [0.5, 0.6) is 0 Å². The summed E-state index contributed by atoms with van der Waals surface area (Å²) in [5.41, 5.74) is 1.77. The molecule has 0 bridgehead atoms. The highest BCUT2D eigenvalue weighted by atomic mass is 16.2. The van der Waals surface area contributed by atoms with E-state index in [1.54, 1.807) is 12.3 Å². The molecule has 6 heteroatoms. The van der Waals surface area contributed by atoms with Gasteiger partial charge in [0.15, 0.2) is 0 Å². The molecule has 1 spiro atoms. The molecule has 24 heavy (non-hydrogen) atoms. The maximum absolute atomic E-state index is 12.8. The van der Waals surface area contributed by atoms with Crippen LogP contribution < -0.4 is 10.9 Å². The lowest BCUT2D eigenvalue weighted by Crippen LogP contribution is -2.45. The first kappa shape index (κ1) is 15.3. The molecular weight excluding hydrogens is 304 g/mol. The molecule has 1 N–H and O–H groups in total. The van der Waals surface area contributed by atoms with Crippen molar-refractivity contribution in [3.05, 3.63) is 46.0 Å². The second-order valence-corrected chi connectivity index (χ2v) is 7.13. The largest absolute Gasteiger partial charge is 0.338 e. The number of fused-ring (bicyclic) bond motifs is 1. The number of nitrogens with zero attached hydrogens (tertiary/aromatic N) is 3. The smallest absolute Gasteiger partial charge is 0.270 e. The first-order chi connectivity index (χ1) is 11.6. The van der Waals surface area contributed by atoms with E-state index in [2.05, 4.69) is 10.3 Å². The second kappa shape index (κ2) is 5.70. The first-order valence-corrected chi connectivity index (χ1v) is 8.56. The van der Waals surface area contributed by atoms with Crippen molar-refractivity contribution in [1.29, 1.82) is 0 Å². The third kappa shape index (κ3) is 2.51. The van der Waals surface area contributed by atoms with Crippen molar-refractivity contribution in [1.82, 2.24) is 19.6 Å². The molecule has 0 radical (unpaired) electrons. The summed E-state index contributed by atoms with van der Waals surface area (Å²) in [6.45, 7) is 5.48. The Labute approximate surface area is 140 Å². The number of aryl methyl sites for hydroxylation is 1. The number of hydrogen-bond donors (Lipinski definition) is 1. The molecule has 2 aromatic heterocycles. The van der Waals surface area contributed by atoms with Crippen LogP contribution in [0, 0.1) is 12.3 Å². The van der Waals surface area contributed by atoms with E-state index in [1.807, 2.05) is 17.9 Å². The van der Waals surface area contributed by atoms with Gasteiger partial charge in [-0.2, -0.15) is 0 Å². The summed E-state index contributed by atoms with van der Waals surface area (Å²) in [7, 11) is 0. The standard InChI is InChI=1S/C18H22N4O2/c1-13-2-3-15-20-10-14(17(24)22(15)11-13)16(23)21-8-5-18(6-9-21)4-7-19-12-18/h2-3,10-11,19H,4-9,12H2,1H3. The summed E-state index contributed by atoms with van der Waals surface area (Å²) in [6.07, 6.45) is 6.36. The van der Waals surface area contributed by atoms with Crippen molar-refractivity contribution in [3.63, 3.8) is 0 Å². The second-order valence-electron chi connectivity index (χ2n) is 7.13. The van der Waals surface area contributed by atoms with Crippen LogP contribution in [0.1, 0.15) is 35.2 Å². The molecule has 126 valence electrons. The third-order valence-electron chi connectivity index (χ3n) is 5.52. The van der Waals surface area contributed by atoms with Crippen molar-refractivity contribution in [3.8, 4) is 0 Å². The number of amides is 1. The van der Waals surface area contributed by atoms with Crippen LogP contribution in [-0.2, 0) is 0 Å². The molecule has 2 saturated heterocycles.